The highest BCUT2D eigenvalue weighted by Gasteiger charge is 2.46. The third-order valence-electron chi connectivity index (χ3n) is 5.89. The standard InChI is InChI=1S/C15H26N2O/c1-17(14(18)15(10-16)5-2-6-15)9-13-8-11-3-4-12(13)7-11/h11-13H,2-10,16H2,1H3. The molecular weight excluding hydrogens is 224 g/mol. The third-order valence-corrected chi connectivity index (χ3v) is 5.89. The predicted molar refractivity (Wildman–Crippen MR) is 71.9 cm³/mol. The summed E-state index contributed by atoms with van der Waals surface area (Å²) in [7, 11) is 1.99. The van der Waals surface area contributed by atoms with E-state index in [4.69, 9.17) is 5.73 Å². The summed E-state index contributed by atoms with van der Waals surface area (Å²) in [6.07, 6.45) is 8.80. The Hall–Kier alpha value is -0.570. The van der Waals surface area contributed by atoms with E-state index in [1.807, 2.05) is 11.9 Å². The van der Waals surface area contributed by atoms with Crippen molar-refractivity contribution in [3.05, 3.63) is 0 Å². The van der Waals surface area contributed by atoms with Crippen LogP contribution in [0.3, 0.4) is 0 Å². The van der Waals surface area contributed by atoms with Gasteiger partial charge in [0.05, 0.1) is 5.41 Å². The summed E-state index contributed by atoms with van der Waals surface area (Å²) in [6.45, 7) is 1.51. The first-order chi connectivity index (χ1) is 8.64. The first-order valence-electron chi connectivity index (χ1n) is 7.60. The molecule has 2 bridgehead atoms. The summed E-state index contributed by atoms with van der Waals surface area (Å²) in [4.78, 5) is 14.5. The van der Waals surface area contributed by atoms with Crippen LogP contribution in [0, 0.1) is 23.2 Å². The van der Waals surface area contributed by atoms with Crippen LogP contribution in [0.5, 0.6) is 0 Å². The molecule has 3 aliphatic carbocycles. The summed E-state index contributed by atoms with van der Waals surface area (Å²) in [6, 6.07) is 0. The van der Waals surface area contributed by atoms with Crippen LogP contribution in [-0.2, 0) is 4.79 Å². The minimum Gasteiger partial charge on any atom is -0.345 e. The molecule has 1 amide bonds. The second kappa shape index (κ2) is 4.52. The Balaban J connectivity index is 1.58. The van der Waals surface area contributed by atoms with Gasteiger partial charge in [0.1, 0.15) is 0 Å². The van der Waals surface area contributed by atoms with Gasteiger partial charge in [0.15, 0.2) is 0 Å². The lowest BCUT2D eigenvalue weighted by atomic mass is 9.67. The van der Waals surface area contributed by atoms with Crippen LogP contribution < -0.4 is 5.73 Å². The molecule has 0 aromatic heterocycles. The molecule has 3 saturated carbocycles. The van der Waals surface area contributed by atoms with Gasteiger partial charge >= 0.3 is 0 Å². The number of rotatable bonds is 4. The fourth-order valence-electron chi connectivity index (χ4n) is 4.55. The van der Waals surface area contributed by atoms with Gasteiger partial charge in [0.25, 0.3) is 0 Å². The maximum absolute atomic E-state index is 12.5. The predicted octanol–water partition coefficient (Wildman–Crippen LogP) is 2.01. The van der Waals surface area contributed by atoms with E-state index < -0.39 is 0 Å². The molecule has 2 N–H and O–H groups in total. The number of amides is 1. The van der Waals surface area contributed by atoms with Crippen molar-refractivity contribution in [2.45, 2.75) is 44.9 Å². The van der Waals surface area contributed by atoms with Crippen molar-refractivity contribution < 1.29 is 4.79 Å². The van der Waals surface area contributed by atoms with E-state index in [1.54, 1.807) is 0 Å². The lowest BCUT2D eigenvalue weighted by Crippen LogP contribution is -2.51. The Labute approximate surface area is 110 Å². The summed E-state index contributed by atoms with van der Waals surface area (Å²) in [5.74, 6) is 2.96. The van der Waals surface area contributed by atoms with Gasteiger partial charge in [-0.15, -0.1) is 0 Å². The molecule has 0 aromatic rings. The first kappa shape index (κ1) is 12.5. The van der Waals surface area contributed by atoms with Gasteiger partial charge in [-0.1, -0.05) is 12.8 Å². The molecule has 102 valence electrons. The Morgan fingerprint density at radius 2 is 2.11 bits per heavy atom. The summed E-state index contributed by atoms with van der Waals surface area (Å²) < 4.78 is 0. The second-order valence-corrected chi connectivity index (χ2v) is 6.96. The largest absolute Gasteiger partial charge is 0.345 e. The van der Waals surface area contributed by atoms with Crippen molar-refractivity contribution >= 4 is 5.91 Å². The maximum Gasteiger partial charge on any atom is 0.229 e. The second-order valence-electron chi connectivity index (χ2n) is 6.96. The van der Waals surface area contributed by atoms with Crippen molar-refractivity contribution in [3.8, 4) is 0 Å². The molecule has 3 nitrogen and oxygen atoms in total. The number of fused-ring (bicyclic) bond motifs is 2. The zero-order valence-electron chi connectivity index (χ0n) is 11.5. The van der Waals surface area contributed by atoms with Crippen LogP contribution in [0.1, 0.15) is 44.9 Å². The fraction of sp³-hybridized carbons (Fsp3) is 0.933. The molecule has 3 heteroatoms. The van der Waals surface area contributed by atoms with E-state index in [2.05, 4.69) is 0 Å². The van der Waals surface area contributed by atoms with Gasteiger partial charge < -0.3 is 10.6 Å². The Kier molecular flexibility index (Phi) is 3.13. The Morgan fingerprint density at radius 3 is 2.56 bits per heavy atom. The fourth-order valence-corrected chi connectivity index (χ4v) is 4.55. The molecular formula is C15H26N2O. The normalized spacial score (nSPS) is 36.4. The quantitative estimate of drug-likeness (QED) is 0.829. The molecule has 3 atom stereocenters. The molecule has 18 heavy (non-hydrogen) atoms. The first-order valence-corrected chi connectivity index (χ1v) is 7.60. The number of hydrogen-bond acceptors (Lipinski definition) is 2. The van der Waals surface area contributed by atoms with E-state index in [1.165, 1.54) is 32.1 Å². The van der Waals surface area contributed by atoms with Crippen molar-refractivity contribution in [3.63, 3.8) is 0 Å². The van der Waals surface area contributed by atoms with Gasteiger partial charge in [-0.3, -0.25) is 4.79 Å². The van der Waals surface area contributed by atoms with Crippen molar-refractivity contribution in [1.82, 2.24) is 4.90 Å². The zero-order valence-corrected chi connectivity index (χ0v) is 11.5. The van der Waals surface area contributed by atoms with Crippen LogP contribution >= 0.6 is 0 Å². The lowest BCUT2D eigenvalue weighted by molar-refractivity contribution is -0.146. The SMILES string of the molecule is CN(CC1CC2CCC1C2)C(=O)C1(CN)CCC1. The monoisotopic (exact) mass is 250 g/mol. The van der Waals surface area contributed by atoms with Crippen molar-refractivity contribution in [2.75, 3.05) is 20.1 Å². The van der Waals surface area contributed by atoms with Crippen LogP contribution in [0.25, 0.3) is 0 Å². The Bertz CT molecular complexity index is 332. The maximum atomic E-state index is 12.5. The average molecular weight is 250 g/mol. The number of hydrogen-bond donors (Lipinski definition) is 1. The number of carbonyl (C=O) groups excluding carboxylic acids is 1. The molecule has 3 fully saturated rings. The van der Waals surface area contributed by atoms with Crippen LogP contribution in [0.15, 0.2) is 0 Å². The number of carbonyl (C=O) groups is 1. The highest BCUT2D eigenvalue weighted by Crippen LogP contribution is 2.49. The van der Waals surface area contributed by atoms with E-state index in [9.17, 15) is 4.79 Å². The van der Waals surface area contributed by atoms with Gasteiger partial charge in [-0.2, -0.15) is 0 Å². The van der Waals surface area contributed by atoms with Gasteiger partial charge in [-0.05, 0) is 49.9 Å². The minimum absolute atomic E-state index is 0.188. The number of nitrogens with two attached hydrogens (primary N) is 1. The minimum atomic E-state index is -0.188. The lowest BCUT2D eigenvalue weighted by Gasteiger charge is -2.42. The molecule has 0 aliphatic heterocycles. The van der Waals surface area contributed by atoms with Crippen LogP contribution in [0.2, 0.25) is 0 Å². The molecule has 3 aliphatic rings. The highest BCUT2D eigenvalue weighted by atomic mass is 16.2. The summed E-state index contributed by atoms with van der Waals surface area (Å²) in [5, 5.41) is 0. The van der Waals surface area contributed by atoms with Gasteiger partial charge in [0.2, 0.25) is 5.91 Å². The summed E-state index contributed by atoms with van der Waals surface area (Å²) >= 11 is 0. The van der Waals surface area contributed by atoms with Crippen molar-refractivity contribution in [1.29, 1.82) is 0 Å². The van der Waals surface area contributed by atoms with E-state index >= 15 is 0 Å². The zero-order chi connectivity index (χ0) is 12.8. The molecule has 0 heterocycles. The van der Waals surface area contributed by atoms with Gasteiger partial charge in [-0.25, -0.2) is 0 Å². The van der Waals surface area contributed by atoms with Gasteiger partial charge in [0, 0.05) is 20.1 Å². The van der Waals surface area contributed by atoms with E-state index in [0.717, 1.165) is 37.1 Å². The molecule has 0 aromatic carbocycles. The highest BCUT2D eigenvalue weighted by molar-refractivity contribution is 5.83. The molecule has 3 rings (SSSR count). The third kappa shape index (κ3) is 1.87. The Morgan fingerprint density at radius 1 is 1.33 bits per heavy atom. The molecule has 0 saturated heterocycles. The topological polar surface area (TPSA) is 46.3 Å². The van der Waals surface area contributed by atoms with Crippen LogP contribution in [0.4, 0.5) is 0 Å². The molecule has 0 radical (unpaired) electrons. The van der Waals surface area contributed by atoms with Crippen LogP contribution in [-0.4, -0.2) is 30.9 Å². The van der Waals surface area contributed by atoms with E-state index in [0.29, 0.717) is 12.5 Å². The average Bonchev–Trinajstić information content (AvgIpc) is 2.90. The van der Waals surface area contributed by atoms with Crippen molar-refractivity contribution in [2.24, 2.45) is 28.9 Å². The smallest absolute Gasteiger partial charge is 0.229 e. The van der Waals surface area contributed by atoms with E-state index in [-0.39, 0.29) is 5.41 Å². The summed E-state index contributed by atoms with van der Waals surface area (Å²) in [5.41, 5.74) is 5.64. The molecule has 0 spiro atoms. The molecule has 3 unspecified atom stereocenters. The number of nitrogens with zero attached hydrogens (tertiary/aromatic N) is 1.